The van der Waals surface area contributed by atoms with E-state index in [1.54, 1.807) is 6.20 Å². The lowest BCUT2D eigenvalue weighted by Crippen LogP contribution is -2.37. The summed E-state index contributed by atoms with van der Waals surface area (Å²) in [5.41, 5.74) is 2.67. The van der Waals surface area contributed by atoms with E-state index in [9.17, 15) is 4.79 Å². The Morgan fingerprint density at radius 2 is 2.17 bits per heavy atom. The van der Waals surface area contributed by atoms with Crippen LogP contribution in [0.5, 0.6) is 0 Å². The highest BCUT2D eigenvalue weighted by molar-refractivity contribution is 5.79. The molecule has 1 amide bonds. The normalized spacial score (nSPS) is 16.8. The van der Waals surface area contributed by atoms with Gasteiger partial charge in [0.1, 0.15) is 5.76 Å². The van der Waals surface area contributed by atoms with Crippen LogP contribution in [0, 0.1) is 19.8 Å². The number of nitrogens with one attached hydrogen (secondary N) is 1. The number of hydrogen-bond acceptors (Lipinski definition) is 5. The molecule has 1 aliphatic rings. The van der Waals surface area contributed by atoms with Crippen LogP contribution >= 0.6 is 0 Å². The molecule has 0 radical (unpaired) electrons. The summed E-state index contributed by atoms with van der Waals surface area (Å²) in [5, 5.41) is 7.11. The van der Waals surface area contributed by atoms with Crippen LogP contribution in [0.15, 0.2) is 29.0 Å². The van der Waals surface area contributed by atoms with E-state index < -0.39 is 0 Å². The van der Waals surface area contributed by atoms with E-state index in [1.807, 2.05) is 32.2 Å². The lowest BCUT2D eigenvalue weighted by Gasteiger charge is -2.31. The third-order valence-corrected chi connectivity index (χ3v) is 4.62. The summed E-state index contributed by atoms with van der Waals surface area (Å²) >= 11 is 0. The van der Waals surface area contributed by atoms with Crippen LogP contribution in [0.4, 0.5) is 0 Å². The van der Waals surface area contributed by atoms with Gasteiger partial charge in [-0.1, -0.05) is 11.2 Å². The van der Waals surface area contributed by atoms with E-state index in [0.717, 1.165) is 42.9 Å². The lowest BCUT2D eigenvalue weighted by atomic mass is 9.87. The van der Waals surface area contributed by atoms with Gasteiger partial charge in [0.05, 0.1) is 18.2 Å². The Labute approximate surface area is 141 Å². The second kappa shape index (κ2) is 7.57. The van der Waals surface area contributed by atoms with Gasteiger partial charge in [0.15, 0.2) is 0 Å². The zero-order valence-corrected chi connectivity index (χ0v) is 14.1. The van der Waals surface area contributed by atoms with E-state index in [-0.39, 0.29) is 18.4 Å². The molecule has 0 bridgehead atoms. The molecule has 128 valence electrons. The molecule has 1 saturated heterocycles. The van der Waals surface area contributed by atoms with Crippen molar-refractivity contribution in [1.29, 1.82) is 0 Å². The second-order valence-corrected chi connectivity index (χ2v) is 6.26. The maximum absolute atomic E-state index is 12.6. The Kier molecular flexibility index (Phi) is 5.25. The van der Waals surface area contributed by atoms with Gasteiger partial charge in [0.2, 0.25) is 5.91 Å². The number of nitrogens with zero attached hydrogens (tertiary/aromatic N) is 2. The lowest BCUT2D eigenvalue weighted by molar-refractivity contribution is -0.121. The van der Waals surface area contributed by atoms with Crippen molar-refractivity contribution >= 4 is 5.91 Å². The minimum atomic E-state index is -0.0458. The number of hydrogen-bond donors (Lipinski definition) is 1. The molecule has 0 spiro atoms. The fraction of sp³-hybridized carbons (Fsp3) is 0.500. The number of ether oxygens (including phenoxy) is 1. The maximum atomic E-state index is 12.6. The highest BCUT2D eigenvalue weighted by Crippen LogP contribution is 2.30. The van der Waals surface area contributed by atoms with Crippen LogP contribution in [0.25, 0.3) is 0 Å². The van der Waals surface area contributed by atoms with E-state index >= 15 is 0 Å². The molecule has 1 atom stereocenters. The van der Waals surface area contributed by atoms with Crippen molar-refractivity contribution in [2.45, 2.75) is 39.2 Å². The van der Waals surface area contributed by atoms with E-state index in [1.165, 1.54) is 0 Å². The third kappa shape index (κ3) is 3.82. The molecule has 0 aliphatic carbocycles. The number of carbonyl (C=O) groups excluding carboxylic acids is 1. The first-order valence-electron chi connectivity index (χ1n) is 8.34. The average molecular weight is 329 g/mol. The number of pyridine rings is 1. The summed E-state index contributed by atoms with van der Waals surface area (Å²) in [6.07, 6.45) is 5.73. The third-order valence-electron chi connectivity index (χ3n) is 4.62. The molecule has 2 aromatic heterocycles. The Balaban J connectivity index is 1.75. The molecule has 6 heteroatoms. The summed E-state index contributed by atoms with van der Waals surface area (Å²) in [7, 11) is 0. The standard InChI is InChI=1S/C18H23N3O3/c1-12-16(13(2)24-21-12)10-17(22)20-18(14-5-8-23-9-6-14)15-4-3-7-19-11-15/h3-4,7,11,14,18H,5-6,8-10H2,1-2H3,(H,20,22). The van der Waals surface area contributed by atoms with Crippen LogP contribution in [0.3, 0.4) is 0 Å². The number of carbonyl (C=O) groups is 1. The minimum absolute atomic E-state index is 0.0234. The van der Waals surface area contributed by atoms with Crippen LogP contribution < -0.4 is 5.32 Å². The summed E-state index contributed by atoms with van der Waals surface area (Å²) in [6, 6.07) is 3.88. The van der Waals surface area contributed by atoms with Crippen molar-refractivity contribution < 1.29 is 14.1 Å². The van der Waals surface area contributed by atoms with Gasteiger partial charge in [-0.2, -0.15) is 0 Å². The van der Waals surface area contributed by atoms with Crippen molar-refractivity contribution in [2.75, 3.05) is 13.2 Å². The van der Waals surface area contributed by atoms with Gasteiger partial charge < -0.3 is 14.6 Å². The SMILES string of the molecule is Cc1noc(C)c1CC(=O)NC(c1cccnc1)C1CCOCC1. The zero-order chi connectivity index (χ0) is 16.9. The van der Waals surface area contributed by atoms with Gasteiger partial charge in [0, 0.05) is 31.2 Å². The average Bonchev–Trinajstić information content (AvgIpc) is 2.93. The zero-order valence-electron chi connectivity index (χ0n) is 14.1. The fourth-order valence-electron chi connectivity index (χ4n) is 3.22. The Morgan fingerprint density at radius 1 is 1.38 bits per heavy atom. The van der Waals surface area contributed by atoms with Gasteiger partial charge >= 0.3 is 0 Å². The first-order valence-corrected chi connectivity index (χ1v) is 8.34. The predicted molar refractivity (Wildman–Crippen MR) is 88.3 cm³/mol. The molecule has 3 heterocycles. The molecule has 1 aliphatic heterocycles. The summed E-state index contributed by atoms with van der Waals surface area (Å²) in [6.45, 7) is 5.16. The highest BCUT2D eigenvalue weighted by atomic mass is 16.5. The van der Waals surface area contributed by atoms with E-state index in [4.69, 9.17) is 9.26 Å². The topological polar surface area (TPSA) is 77.3 Å². The quantitative estimate of drug-likeness (QED) is 0.912. The van der Waals surface area contributed by atoms with E-state index in [0.29, 0.717) is 11.7 Å². The first kappa shape index (κ1) is 16.6. The molecular weight excluding hydrogens is 306 g/mol. The Hall–Kier alpha value is -2.21. The van der Waals surface area contributed by atoms with Gasteiger partial charge in [-0.05, 0) is 44.2 Å². The van der Waals surface area contributed by atoms with Crippen molar-refractivity contribution in [3.63, 3.8) is 0 Å². The maximum Gasteiger partial charge on any atom is 0.225 e. The Bertz CT molecular complexity index is 659. The van der Waals surface area contributed by atoms with Crippen LogP contribution in [0.2, 0.25) is 0 Å². The van der Waals surface area contributed by atoms with Gasteiger partial charge in [-0.25, -0.2) is 0 Å². The summed E-state index contributed by atoms with van der Waals surface area (Å²) in [5.74, 6) is 1.04. The largest absolute Gasteiger partial charge is 0.381 e. The number of rotatable bonds is 5. The Morgan fingerprint density at radius 3 is 2.79 bits per heavy atom. The predicted octanol–water partition coefficient (Wildman–Crippen LogP) is 2.51. The van der Waals surface area contributed by atoms with Crippen molar-refractivity contribution in [1.82, 2.24) is 15.5 Å². The monoisotopic (exact) mass is 329 g/mol. The van der Waals surface area contributed by atoms with E-state index in [2.05, 4.69) is 15.5 Å². The van der Waals surface area contributed by atoms with Crippen LogP contribution in [-0.2, 0) is 16.0 Å². The van der Waals surface area contributed by atoms with Crippen LogP contribution in [0.1, 0.15) is 41.5 Å². The fourth-order valence-corrected chi connectivity index (χ4v) is 3.22. The van der Waals surface area contributed by atoms with Gasteiger partial charge in [0.25, 0.3) is 0 Å². The first-order chi connectivity index (χ1) is 11.6. The van der Waals surface area contributed by atoms with Crippen molar-refractivity contribution in [3.05, 3.63) is 47.1 Å². The molecule has 1 unspecified atom stereocenters. The number of aryl methyl sites for hydroxylation is 2. The molecule has 1 N–H and O–H groups in total. The molecule has 24 heavy (non-hydrogen) atoms. The summed E-state index contributed by atoms with van der Waals surface area (Å²) in [4.78, 5) is 16.8. The van der Waals surface area contributed by atoms with Crippen molar-refractivity contribution in [2.24, 2.45) is 5.92 Å². The van der Waals surface area contributed by atoms with Crippen LogP contribution in [-0.4, -0.2) is 29.3 Å². The minimum Gasteiger partial charge on any atom is -0.381 e. The highest BCUT2D eigenvalue weighted by Gasteiger charge is 2.27. The smallest absolute Gasteiger partial charge is 0.225 e. The molecule has 1 fully saturated rings. The second-order valence-electron chi connectivity index (χ2n) is 6.26. The molecule has 0 aromatic carbocycles. The van der Waals surface area contributed by atoms with Gasteiger partial charge in [-0.15, -0.1) is 0 Å². The number of amides is 1. The molecule has 3 rings (SSSR count). The number of aromatic nitrogens is 2. The van der Waals surface area contributed by atoms with Crippen molar-refractivity contribution in [3.8, 4) is 0 Å². The molecule has 2 aromatic rings. The molecular formula is C18H23N3O3. The van der Waals surface area contributed by atoms with Gasteiger partial charge in [-0.3, -0.25) is 9.78 Å². The summed E-state index contributed by atoms with van der Waals surface area (Å²) < 4.78 is 10.6. The molecule has 6 nitrogen and oxygen atoms in total. The molecule has 0 saturated carbocycles.